The van der Waals surface area contributed by atoms with Crippen LogP contribution in [0.1, 0.15) is 39.0 Å². The average Bonchev–Trinajstić information content (AvgIpc) is 2.10. The molecule has 0 aromatic carbocycles. The van der Waals surface area contributed by atoms with Crippen molar-refractivity contribution in [1.82, 2.24) is 0 Å². The zero-order valence-electron chi connectivity index (χ0n) is 8.02. The van der Waals surface area contributed by atoms with E-state index >= 15 is 0 Å². The van der Waals surface area contributed by atoms with E-state index in [4.69, 9.17) is 4.74 Å². The van der Waals surface area contributed by atoms with E-state index in [1.807, 2.05) is 6.92 Å². The van der Waals surface area contributed by atoms with E-state index in [1.165, 1.54) is 0 Å². The van der Waals surface area contributed by atoms with E-state index in [0.717, 1.165) is 25.7 Å². The number of hydrogen-bond acceptors (Lipinski definition) is 1. The molecule has 0 spiro atoms. The summed E-state index contributed by atoms with van der Waals surface area (Å²) in [6.45, 7) is 6.53. The van der Waals surface area contributed by atoms with Gasteiger partial charge in [-0.1, -0.05) is 33.1 Å². The second kappa shape index (κ2) is 8.98. The fraction of sp³-hybridized carbons (Fsp3) is 0.900. The molecule has 73 valence electrons. The van der Waals surface area contributed by atoms with E-state index in [2.05, 4.69) is 6.92 Å². The summed E-state index contributed by atoms with van der Waals surface area (Å²) in [7, 11) is 0. The molecule has 12 heavy (non-hydrogen) atoms. The molecule has 0 aliphatic heterocycles. The average molecular weight is 175 g/mol. The number of alkyl halides is 1. The first kappa shape index (κ1) is 11.9. The van der Waals surface area contributed by atoms with E-state index in [1.54, 1.807) is 0 Å². The fourth-order valence-electron chi connectivity index (χ4n) is 0.887. The largest absolute Gasteiger partial charge is 0.378 e. The summed E-state index contributed by atoms with van der Waals surface area (Å²) in [6, 6.07) is 0. The van der Waals surface area contributed by atoms with Gasteiger partial charge in [-0.2, -0.15) is 0 Å². The third kappa shape index (κ3) is 7.99. The zero-order chi connectivity index (χ0) is 9.23. The molecule has 0 fully saturated rings. The van der Waals surface area contributed by atoms with Crippen molar-refractivity contribution in [3.8, 4) is 0 Å². The standard InChI is InChI=1S/C10H20FO/c1-3-5-6-7-8-12-9-10(11)4-2/h10H,1,3-9H2,2H3. The molecule has 0 aromatic heterocycles. The van der Waals surface area contributed by atoms with Crippen molar-refractivity contribution in [3.63, 3.8) is 0 Å². The zero-order valence-corrected chi connectivity index (χ0v) is 8.02. The van der Waals surface area contributed by atoms with Crippen LogP contribution in [0.4, 0.5) is 4.39 Å². The summed E-state index contributed by atoms with van der Waals surface area (Å²) in [5.41, 5.74) is 0. The molecule has 0 N–H and O–H groups in total. The van der Waals surface area contributed by atoms with Crippen molar-refractivity contribution >= 4 is 0 Å². The van der Waals surface area contributed by atoms with Crippen LogP contribution in [-0.2, 0) is 4.74 Å². The first-order valence-corrected chi connectivity index (χ1v) is 4.82. The minimum Gasteiger partial charge on any atom is -0.378 e. The highest BCUT2D eigenvalue weighted by Crippen LogP contribution is 2.01. The normalized spacial score (nSPS) is 13.2. The lowest BCUT2D eigenvalue weighted by molar-refractivity contribution is 0.0766. The Kier molecular flexibility index (Phi) is 8.90. The lowest BCUT2D eigenvalue weighted by atomic mass is 10.2. The van der Waals surface area contributed by atoms with Crippen LogP contribution in [0.2, 0.25) is 0 Å². The molecule has 0 aliphatic carbocycles. The van der Waals surface area contributed by atoms with Crippen LogP contribution in [-0.4, -0.2) is 19.4 Å². The van der Waals surface area contributed by atoms with Crippen molar-refractivity contribution in [2.24, 2.45) is 0 Å². The van der Waals surface area contributed by atoms with Gasteiger partial charge in [-0.25, -0.2) is 4.39 Å². The highest BCUT2D eigenvalue weighted by atomic mass is 19.1. The molecule has 0 aliphatic rings. The van der Waals surface area contributed by atoms with Crippen LogP contribution in [0, 0.1) is 6.92 Å². The van der Waals surface area contributed by atoms with Gasteiger partial charge in [-0.05, 0) is 12.8 Å². The van der Waals surface area contributed by atoms with Crippen LogP contribution >= 0.6 is 0 Å². The molecule has 1 nitrogen and oxygen atoms in total. The molecule has 1 radical (unpaired) electrons. The van der Waals surface area contributed by atoms with E-state index in [0.29, 0.717) is 13.0 Å². The van der Waals surface area contributed by atoms with Gasteiger partial charge in [0.25, 0.3) is 0 Å². The molecule has 0 aromatic rings. The third-order valence-corrected chi connectivity index (χ3v) is 1.78. The Balaban J connectivity index is 2.90. The molecule has 1 atom stereocenters. The van der Waals surface area contributed by atoms with Crippen LogP contribution in [0.25, 0.3) is 0 Å². The first-order chi connectivity index (χ1) is 5.81. The molecule has 2 heteroatoms. The smallest absolute Gasteiger partial charge is 0.123 e. The molecule has 1 unspecified atom stereocenters. The summed E-state index contributed by atoms with van der Waals surface area (Å²) >= 11 is 0. The number of rotatable bonds is 8. The molecule has 0 rings (SSSR count). The van der Waals surface area contributed by atoms with Crippen molar-refractivity contribution in [3.05, 3.63) is 6.92 Å². The Morgan fingerprint density at radius 2 is 2.08 bits per heavy atom. The van der Waals surface area contributed by atoms with E-state index in [-0.39, 0.29) is 6.61 Å². The van der Waals surface area contributed by atoms with Gasteiger partial charge in [-0.3, -0.25) is 0 Å². The Labute approximate surface area is 75.3 Å². The minimum absolute atomic E-state index is 0.265. The third-order valence-electron chi connectivity index (χ3n) is 1.78. The van der Waals surface area contributed by atoms with Gasteiger partial charge in [0.2, 0.25) is 0 Å². The lowest BCUT2D eigenvalue weighted by Gasteiger charge is -2.06. The van der Waals surface area contributed by atoms with Crippen molar-refractivity contribution in [2.75, 3.05) is 13.2 Å². The summed E-state index contributed by atoms with van der Waals surface area (Å²) in [6.07, 6.45) is 4.09. The molecular weight excluding hydrogens is 155 g/mol. The van der Waals surface area contributed by atoms with Gasteiger partial charge in [-0.15, -0.1) is 0 Å². The Bertz CT molecular complexity index is 85.9. The fourth-order valence-corrected chi connectivity index (χ4v) is 0.887. The maximum atomic E-state index is 12.6. The maximum Gasteiger partial charge on any atom is 0.123 e. The van der Waals surface area contributed by atoms with Crippen LogP contribution in [0.3, 0.4) is 0 Å². The number of unbranched alkanes of at least 4 members (excludes halogenated alkanes) is 3. The molecular formula is C10H20FO. The van der Waals surface area contributed by atoms with E-state index in [9.17, 15) is 4.39 Å². The van der Waals surface area contributed by atoms with Gasteiger partial charge in [0.1, 0.15) is 6.17 Å². The molecule has 0 bridgehead atoms. The van der Waals surface area contributed by atoms with Gasteiger partial charge < -0.3 is 4.74 Å². The highest BCUT2D eigenvalue weighted by Gasteiger charge is 2.01. The number of hydrogen-bond donors (Lipinski definition) is 0. The van der Waals surface area contributed by atoms with Gasteiger partial charge in [0, 0.05) is 6.61 Å². The van der Waals surface area contributed by atoms with Crippen molar-refractivity contribution in [1.29, 1.82) is 0 Å². The van der Waals surface area contributed by atoms with Crippen LogP contribution in [0.15, 0.2) is 0 Å². The summed E-state index contributed by atoms with van der Waals surface area (Å²) in [4.78, 5) is 0. The molecule has 0 heterocycles. The van der Waals surface area contributed by atoms with Gasteiger partial charge in [0.15, 0.2) is 0 Å². The van der Waals surface area contributed by atoms with Crippen LogP contribution in [0.5, 0.6) is 0 Å². The minimum atomic E-state index is -0.780. The number of ether oxygens (including phenoxy) is 1. The quantitative estimate of drug-likeness (QED) is 0.515. The van der Waals surface area contributed by atoms with Crippen LogP contribution < -0.4 is 0 Å². The summed E-state index contributed by atoms with van der Waals surface area (Å²) < 4.78 is 17.7. The molecule has 0 saturated heterocycles. The predicted octanol–water partition coefficient (Wildman–Crippen LogP) is 3.15. The Morgan fingerprint density at radius 1 is 1.33 bits per heavy atom. The molecule has 0 saturated carbocycles. The summed E-state index contributed by atoms with van der Waals surface area (Å²) in [5, 5.41) is 0. The maximum absolute atomic E-state index is 12.6. The monoisotopic (exact) mass is 175 g/mol. The Morgan fingerprint density at radius 3 is 2.67 bits per heavy atom. The lowest BCUT2D eigenvalue weighted by Crippen LogP contribution is -2.09. The van der Waals surface area contributed by atoms with Gasteiger partial charge >= 0.3 is 0 Å². The second-order valence-electron chi connectivity index (χ2n) is 2.99. The molecule has 0 amide bonds. The van der Waals surface area contributed by atoms with Gasteiger partial charge in [0.05, 0.1) is 6.61 Å². The highest BCUT2D eigenvalue weighted by molar-refractivity contribution is 4.49. The first-order valence-electron chi connectivity index (χ1n) is 4.82. The summed E-state index contributed by atoms with van der Waals surface area (Å²) in [5.74, 6) is 0. The SMILES string of the molecule is [CH2]CCCCCOCC(F)CC. The predicted molar refractivity (Wildman–Crippen MR) is 49.8 cm³/mol. The number of halogens is 1. The van der Waals surface area contributed by atoms with E-state index < -0.39 is 6.17 Å². The van der Waals surface area contributed by atoms with Crippen molar-refractivity contribution in [2.45, 2.75) is 45.2 Å². The van der Waals surface area contributed by atoms with Crippen molar-refractivity contribution < 1.29 is 9.13 Å². The second-order valence-corrected chi connectivity index (χ2v) is 2.99. The topological polar surface area (TPSA) is 9.23 Å². The Hall–Kier alpha value is -0.110.